The minimum atomic E-state index is -0.369. The molecule has 0 saturated carbocycles. The van der Waals surface area contributed by atoms with Crippen LogP contribution in [0.5, 0.6) is 0 Å². The molecular formula is C42H52N8O5. The van der Waals surface area contributed by atoms with E-state index in [9.17, 15) is 24.0 Å². The first-order valence-corrected chi connectivity index (χ1v) is 19.4. The number of anilines is 2. The average molecular weight is 749 g/mol. The topological polar surface area (TPSA) is 150 Å². The molecule has 55 heavy (non-hydrogen) atoms. The molecule has 2 aliphatic heterocycles. The molecule has 6 rings (SSSR count). The number of amides is 4. The SMILES string of the molecule is Cn1cc(NC(=O)c2ccc(C(=O)c3ccc(C(=O)Nc4cc(C(=O)NCCN5CCCCC5)n(C)c4)cc3)cc2)cc1C(=O)NCCN1CCCCCC1. The summed E-state index contributed by atoms with van der Waals surface area (Å²) in [5.74, 6) is -1.39. The van der Waals surface area contributed by atoms with Crippen molar-refractivity contribution in [1.29, 1.82) is 0 Å². The number of likely N-dealkylation sites (tertiary alicyclic amines) is 2. The molecule has 4 aromatic rings. The monoisotopic (exact) mass is 748 g/mol. The van der Waals surface area contributed by atoms with Gasteiger partial charge in [0.1, 0.15) is 11.4 Å². The lowest BCUT2D eigenvalue weighted by Gasteiger charge is -2.26. The van der Waals surface area contributed by atoms with Crippen molar-refractivity contribution in [2.24, 2.45) is 14.1 Å². The molecule has 2 fully saturated rings. The number of aromatic nitrogens is 2. The molecule has 0 unspecified atom stereocenters. The second-order valence-corrected chi connectivity index (χ2v) is 14.5. The molecule has 13 nitrogen and oxygen atoms in total. The van der Waals surface area contributed by atoms with E-state index < -0.39 is 0 Å². The fourth-order valence-electron chi connectivity index (χ4n) is 7.22. The number of hydrogen-bond donors (Lipinski definition) is 4. The normalized spacial score (nSPS) is 15.2. The summed E-state index contributed by atoms with van der Waals surface area (Å²) in [6.45, 7) is 7.03. The molecule has 0 radical (unpaired) electrons. The Kier molecular flexibility index (Phi) is 13.3. The van der Waals surface area contributed by atoms with Crippen LogP contribution in [-0.2, 0) is 14.1 Å². The van der Waals surface area contributed by atoms with Gasteiger partial charge in [0.25, 0.3) is 23.6 Å². The molecule has 4 N–H and O–H groups in total. The van der Waals surface area contributed by atoms with Crippen LogP contribution >= 0.6 is 0 Å². The third-order valence-electron chi connectivity index (χ3n) is 10.4. The van der Waals surface area contributed by atoms with E-state index in [1.165, 1.54) is 44.9 Å². The molecule has 4 amide bonds. The minimum absolute atomic E-state index is 0.195. The molecule has 0 atom stereocenters. The standard InChI is InChI=1S/C42H52N8O5/c1-47-28-34(26-36(47)41(54)43-18-24-49-20-6-3-4-7-21-49)45-39(52)32-14-10-30(11-15-32)38(51)31-12-16-33(17-13-31)40(53)46-35-27-37(48(2)29-35)42(55)44-19-25-50-22-8-5-9-23-50/h10-17,26-29H,3-9,18-25H2,1-2H3,(H,43,54)(H,44,55)(H,45,52)(H,46,53). The van der Waals surface area contributed by atoms with Crippen molar-refractivity contribution in [3.63, 3.8) is 0 Å². The Labute approximate surface area is 322 Å². The highest BCUT2D eigenvalue weighted by molar-refractivity contribution is 6.11. The zero-order valence-corrected chi connectivity index (χ0v) is 31.9. The van der Waals surface area contributed by atoms with E-state index >= 15 is 0 Å². The van der Waals surface area contributed by atoms with E-state index in [-0.39, 0.29) is 29.4 Å². The van der Waals surface area contributed by atoms with Gasteiger partial charge in [0.15, 0.2) is 5.78 Å². The van der Waals surface area contributed by atoms with E-state index in [1.807, 2.05) is 0 Å². The summed E-state index contributed by atoms with van der Waals surface area (Å²) in [7, 11) is 3.52. The molecule has 2 aliphatic rings. The van der Waals surface area contributed by atoms with Crippen molar-refractivity contribution in [1.82, 2.24) is 29.6 Å². The smallest absolute Gasteiger partial charge is 0.268 e. The average Bonchev–Trinajstić information content (AvgIpc) is 3.63. The number of ketones is 1. The van der Waals surface area contributed by atoms with E-state index in [0.717, 1.165) is 39.3 Å². The number of aryl methyl sites for hydroxylation is 2. The van der Waals surface area contributed by atoms with Gasteiger partial charge in [-0.2, -0.15) is 0 Å². The second-order valence-electron chi connectivity index (χ2n) is 14.5. The molecule has 0 bridgehead atoms. The van der Waals surface area contributed by atoms with Crippen LogP contribution in [0.3, 0.4) is 0 Å². The van der Waals surface area contributed by atoms with E-state index in [1.54, 1.807) is 96.3 Å². The largest absolute Gasteiger partial charge is 0.349 e. The Morgan fingerprint density at radius 1 is 0.491 bits per heavy atom. The zero-order valence-electron chi connectivity index (χ0n) is 31.9. The number of hydrogen-bond acceptors (Lipinski definition) is 7. The molecule has 0 spiro atoms. The quantitative estimate of drug-likeness (QED) is 0.134. The Hall–Kier alpha value is -5.53. The number of carbonyl (C=O) groups excluding carboxylic acids is 5. The van der Waals surface area contributed by atoms with Crippen LogP contribution in [0.15, 0.2) is 73.1 Å². The first kappa shape index (κ1) is 39.2. The van der Waals surface area contributed by atoms with Gasteiger partial charge >= 0.3 is 0 Å². The molecular weight excluding hydrogens is 697 g/mol. The maximum absolute atomic E-state index is 13.3. The minimum Gasteiger partial charge on any atom is -0.349 e. The zero-order chi connectivity index (χ0) is 38.7. The van der Waals surface area contributed by atoms with Crippen molar-refractivity contribution in [2.75, 3.05) is 63.0 Å². The van der Waals surface area contributed by atoms with Gasteiger partial charge in [-0.1, -0.05) is 43.5 Å². The summed E-state index contributed by atoms with van der Waals surface area (Å²) in [6, 6.07) is 15.9. The van der Waals surface area contributed by atoms with Crippen LogP contribution in [0.25, 0.3) is 0 Å². The van der Waals surface area contributed by atoms with Crippen molar-refractivity contribution in [2.45, 2.75) is 44.9 Å². The number of benzene rings is 2. The lowest BCUT2D eigenvalue weighted by Crippen LogP contribution is -2.38. The van der Waals surface area contributed by atoms with Crippen LogP contribution in [0.4, 0.5) is 11.4 Å². The van der Waals surface area contributed by atoms with Gasteiger partial charge in [-0.25, -0.2) is 0 Å². The summed E-state index contributed by atoms with van der Waals surface area (Å²) in [5, 5.41) is 11.6. The summed E-state index contributed by atoms with van der Waals surface area (Å²) in [4.78, 5) is 69.7. The van der Waals surface area contributed by atoms with Gasteiger partial charge in [-0.15, -0.1) is 0 Å². The van der Waals surface area contributed by atoms with Crippen molar-refractivity contribution in [3.05, 3.63) is 107 Å². The fourth-order valence-corrected chi connectivity index (χ4v) is 7.22. The Morgan fingerprint density at radius 2 is 0.836 bits per heavy atom. The number of nitrogens with zero attached hydrogens (tertiary/aromatic N) is 4. The van der Waals surface area contributed by atoms with E-state index in [0.29, 0.717) is 58.1 Å². The molecule has 0 aliphatic carbocycles. The third kappa shape index (κ3) is 10.6. The first-order chi connectivity index (χ1) is 26.6. The third-order valence-corrected chi connectivity index (χ3v) is 10.4. The van der Waals surface area contributed by atoms with Gasteiger partial charge in [-0.3, -0.25) is 24.0 Å². The highest BCUT2D eigenvalue weighted by Gasteiger charge is 2.18. The van der Waals surface area contributed by atoms with Crippen LogP contribution in [0.1, 0.15) is 103 Å². The second kappa shape index (κ2) is 18.7. The Bertz CT molecular complexity index is 1970. The number of nitrogens with one attached hydrogen (secondary N) is 4. The molecule has 2 saturated heterocycles. The molecule has 2 aromatic carbocycles. The van der Waals surface area contributed by atoms with Gasteiger partial charge in [-0.05, 0) is 88.3 Å². The predicted molar refractivity (Wildman–Crippen MR) is 213 cm³/mol. The first-order valence-electron chi connectivity index (χ1n) is 19.4. The Balaban J connectivity index is 0.970. The number of piperidine rings is 1. The van der Waals surface area contributed by atoms with Crippen LogP contribution in [0, 0.1) is 0 Å². The van der Waals surface area contributed by atoms with Gasteiger partial charge in [0.2, 0.25) is 0 Å². The van der Waals surface area contributed by atoms with Crippen molar-refractivity contribution >= 4 is 40.8 Å². The summed E-state index contributed by atoms with van der Waals surface area (Å²) < 4.78 is 3.37. The predicted octanol–water partition coefficient (Wildman–Crippen LogP) is 4.92. The van der Waals surface area contributed by atoms with Crippen molar-refractivity contribution in [3.8, 4) is 0 Å². The number of rotatable bonds is 14. The fraction of sp³-hybridized carbons (Fsp3) is 0.405. The maximum atomic E-state index is 13.3. The van der Waals surface area contributed by atoms with Gasteiger partial charge in [0.05, 0.1) is 11.4 Å². The summed E-state index contributed by atoms with van der Waals surface area (Å²) in [6.07, 6.45) is 12.0. The van der Waals surface area contributed by atoms with E-state index in [4.69, 9.17) is 0 Å². The molecule has 4 heterocycles. The van der Waals surface area contributed by atoms with Crippen LogP contribution in [-0.4, -0.2) is 101 Å². The van der Waals surface area contributed by atoms with E-state index in [2.05, 4.69) is 31.1 Å². The highest BCUT2D eigenvalue weighted by Crippen LogP contribution is 2.19. The van der Waals surface area contributed by atoms with Gasteiger partial charge in [0, 0.05) is 74.9 Å². The van der Waals surface area contributed by atoms with Crippen molar-refractivity contribution < 1.29 is 24.0 Å². The lowest BCUT2D eigenvalue weighted by molar-refractivity contribution is 0.0931. The summed E-state index contributed by atoms with van der Waals surface area (Å²) in [5.41, 5.74) is 3.36. The van der Waals surface area contributed by atoms with Crippen LogP contribution in [0.2, 0.25) is 0 Å². The lowest BCUT2D eigenvalue weighted by atomic mass is 10.0. The molecule has 290 valence electrons. The highest BCUT2D eigenvalue weighted by atomic mass is 16.2. The van der Waals surface area contributed by atoms with Crippen LogP contribution < -0.4 is 21.3 Å². The Morgan fingerprint density at radius 3 is 1.22 bits per heavy atom. The summed E-state index contributed by atoms with van der Waals surface area (Å²) >= 11 is 0. The molecule has 2 aromatic heterocycles. The maximum Gasteiger partial charge on any atom is 0.268 e. The number of carbonyl (C=O) groups is 5. The van der Waals surface area contributed by atoms with Gasteiger partial charge < -0.3 is 40.2 Å². The molecule has 13 heteroatoms.